The molecule has 3 heteroatoms. The minimum Gasteiger partial charge on any atom is -0.426 e. The summed E-state index contributed by atoms with van der Waals surface area (Å²) in [5.41, 5.74) is 0. The van der Waals surface area contributed by atoms with E-state index in [0.717, 1.165) is 6.61 Å². The first-order valence-corrected chi connectivity index (χ1v) is 11.7. The maximum Gasteiger partial charge on any atom is 0.161 e. The summed E-state index contributed by atoms with van der Waals surface area (Å²) in [5, 5.41) is 3.14. The second-order valence-electron chi connectivity index (χ2n) is 4.97. The monoisotopic (exact) mass is 270 g/mol. The van der Waals surface area contributed by atoms with Gasteiger partial charge in [0.15, 0.2) is 9.28 Å². The third-order valence-corrected chi connectivity index (χ3v) is 14.6. The predicted octanol–water partition coefficient (Wildman–Crippen LogP) is 1.25. The molecule has 1 aliphatic rings. The van der Waals surface area contributed by atoms with Gasteiger partial charge >= 0.3 is 0 Å². The SMILES string of the molecule is c1ccc([Si]2(c3ccccc3)CCCO[SiH2]2)cc1. The fraction of sp³-hybridized carbons (Fsp3) is 0.200. The van der Waals surface area contributed by atoms with Crippen molar-refractivity contribution in [3.8, 4) is 0 Å². The predicted molar refractivity (Wildman–Crippen MR) is 81.8 cm³/mol. The molecule has 0 bridgehead atoms. The van der Waals surface area contributed by atoms with Crippen LogP contribution in [0, 0.1) is 0 Å². The number of hydrogen-bond donors (Lipinski definition) is 0. The molecule has 1 nitrogen and oxygen atoms in total. The van der Waals surface area contributed by atoms with E-state index in [1.807, 2.05) is 0 Å². The lowest BCUT2D eigenvalue weighted by molar-refractivity contribution is 0.335. The van der Waals surface area contributed by atoms with E-state index in [1.165, 1.54) is 12.5 Å². The lowest BCUT2D eigenvalue weighted by Gasteiger charge is -2.35. The van der Waals surface area contributed by atoms with Gasteiger partial charge in [-0.15, -0.1) is 0 Å². The number of benzene rings is 2. The van der Waals surface area contributed by atoms with Crippen LogP contribution in [0.2, 0.25) is 6.04 Å². The molecule has 1 heterocycles. The second kappa shape index (κ2) is 5.22. The third-order valence-electron chi connectivity index (χ3n) is 3.89. The van der Waals surface area contributed by atoms with Gasteiger partial charge in [0.2, 0.25) is 0 Å². The molecule has 0 spiro atoms. The molecule has 0 aromatic heterocycles. The Morgan fingerprint density at radius 1 is 0.833 bits per heavy atom. The van der Waals surface area contributed by atoms with E-state index in [-0.39, 0.29) is 0 Å². The molecule has 0 saturated carbocycles. The zero-order valence-corrected chi connectivity index (χ0v) is 12.9. The van der Waals surface area contributed by atoms with Crippen LogP contribution in [0.1, 0.15) is 6.42 Å². The second-order valence-corrected chi connectivity index (χ2v) is 14.0. The van der Waals surface area contributed by atoms with E-state index in [2.05, 4.69) is 60.7 Å². The van der Waals surface area contributed by atoms with Gasteiger partial charge in [-0.3, -0.25) is 0 Å². The summed E-state index contributed by atoms with van der Waals surface area (Å²) in [6, 6.07) is 23.6. The molecule has 0 aliphatic carbocycles. The number of hydrogen-bond acceptors (Lipinski definition) is 1. The quantitative estimate of drug-likeness (QED) is 0.747. The maximum absolute atomic E-state index is 5.99. The molecule has 1 aliphatic heterocycles. The molecule has 0 N–H and O–H groups in total. The summed E-state index contributed by atoms with van der Waals surface area (Å²) in [7, 11) is -1.96. The van der Waals surface area contributed by atoms with Crippen LogP contribution in [0.25, 0.3) is 0 Å². The van der Waals surface area contributed by atoms with Crippen LogP contribution in [-0.4, -0.2) is 23.5 Å². The standard InChI is InChI=1S/C15H18OSi2/c1-3-8-14(9-4-1)18(13-7-12-16-17-18)15-10-5-2-6-11-15/h1-6,8-11H,7,12-13,17H2. The van der Waals surface area contributed by atoms with Gasteiger partial charge < -0.3 is 4.43 Å². The van der Waals surface area contributed by atoms with Crippen molar-refractivity contribution in [2.24, 2.45) is 0 Å². The lowest BCUT2D eigenvalue weighted by Crippen LogP contribution is -2.65. The molecule has 2 aromatic rings. The third kappa shape index (κ3) is 2.09. The summed E-state index contributed by atoms with van der Waals surface area (Å²) in [4.78, 5) is 0. The van der Waals surface area contributed by atoms with Crippen molar-refractivity contribution >= 4 is 27.2 Å². The van der Waals surface area contributed by atoms with Gasteiger partial charge in [0.1, 0.15) is 7.59 Å². The van der Waals surface area contributed by atoms with E-state index in [4.69, 9.17) is 4.43 Å². The van der Waals surface area contributed by atoms with Crippen LogP contribution < -0.4 is 10.4 Å². The van der Waals surface area contributed by atoms with Crippen LogP contribution >= 0.6 is 0 Å². The van der Waals surface area contributed by atoms with Crippen LogP contribution in [0.3, 0.4) is 0 Å². The Morgan fingerprint density at radius 2 is 1.39 bits per heavy atom. The summed E-state index contributed by atoms with van der Waals surface area (Å²) in [6.45, 7) is 0.987. The van der Waals surface area contributed by atoms with Gasteiger partial charge in [-0.1, -0.05) is 71.0 Å². The van der Waals surface area contributed by atoms with Gasteiger partial charge in [-0.25, -0.2) is 0 Å². The molecule has 18 heavy (non-hydrogen) atoms. The Labute approximate surface area is 112 Å². The van der Waals surface area contributed by atoms with Crippen LogP contribution in [0.4, 0.5) is 0 Å². The fourth-order valence-corrected chi connectivity index (χ4v) is 12.5. The van der Waals surface area contributed by atoms with Gasteiger partial charge in [-0.2, -0.15) is 0 Å². The first-order valence-electron chi connectivity index (χ1n) is 6.61. The number of rotatable bonds is 2. The molecule has 0 atom stereocenters. The maximum atomic E-state index is 5.99. The molecule has 3 rings (SSSR count). The van der Waals surface area contributed by atoms with Gasteiger partial charge in [0.25, 0.3) is 0 Å². The topological polar surface area (TPSA) is 9.23 Å². The molecular formula is C15H18OSi2. The molecule has 0 unspecified atom stereocenters. The molecule has 0 radical (unpaired) electrons. The van der Waals surface area contributed by atoms with E-state index in [0.29, 0.717) is 0 Å². The summed E-state index contributed by atoms with van der Waals surface area (Å²) in [5.74, 6) is 0. The highest BCUT2D eigenvalue weighted by molar-refractivity contribution is 7.36. The van der Waals surface area contributed by atoms with Gasteiger partial charge in [0.05, 0.1) is 0 Å². The molecule has 92 valence electrons. The largest absolute Gasteiger partial charge is 0.426 e. The Hall–Kier alpha value is -1.17. The zero-order chi connectivity index (χ0) is 12.3. The molecular weight excluding hydrogens is 252 g/mol. The smallest absolute Gasteiger partial charge is 0.161 e. The Balaban J connectivity index is 2.10. The van der Waals surface area contributed by atoms with Crippen LogP contribution in [0.15, 0.2) is 60.7 Å². The van der Waals surface area contributed by atoms with E-state index < -0.39 is 16.9 Å². The van der Waals surface area contributed by atoms with Crippen LogP contribution in [0.5, 0.6) is 0 Å². The highest BCUT2D eigenvalue weighted by Gasteiger charge is 2.39. The Bertz CT molecular complexity index is 451. The minimum absolute atomic E-state index is 0.442. The van der Waals surface area contributed by atoms with Crippen molar-refractivity contribution < 1.29 is 4.43 Å². The fourth-order valence-electron chi connectivity index (χ4n) is 2.93. The van der Waals surface area contributed by atoms with E-state index in [9.17, 15) is 0 Å². The molecule has 0 amide bonds. The average molecular weight is 270 g/mol. The highest BCUT2D eigenvalue weighted by Crippen LogP contribution is 2.17. The normalized spacial score (nSPS) is 19.8. The summed E-state index contributed by atoms with van der Waals surface area (Å²) < 4.78 is 5.99. The van der Waals surface area contributed by atoms with Crippen molar-refractivity contribution in [3.05, 3.63) is 60.7 Å². The molecule has 1 saturated heterocycles. The summed E-state index contributed by atoms with van der Waals surface area (Å²) in [6.07, 6.45) is 1.23. The van der Waals surface area contributed by atoms with Crippen molar-refractivity contribution in [3.63, 3.8) is 0 Å². The lowest BCUT2D eigenvalue weighted by atomic mass is 10.4. The summed E-state index contributed by atoms with van der Waals surface area (Å²) >= 11 is 0. The average Bonchev–Trinajstić information content (AvgIpc) is 2.50. The van der Waals surface area contributed by atoms with E-state index in [1.54, 1.807) is 10.4 Å². The van der Waals surface area contributed by atoms with Gasteiger partial charge in [0, 0.05) is 6.61 Å². The molecule has 2 aromatic carbocycles. The van der Waals surface area contributed by atoms with Crippen LogP contribution in [-0.2, 0) is 4.43 Å². The minimum atomic E-state index is -1.52. The van der Waals surface area contributed by atoms with Crippen molar-refractivity contribution in [2.45, 2.75) is 12.5 Å². The van der Waals surface area contributed by atoms with Crippen molar-refractivity contribution in [1.29, 1.82) is 0 Å². The van der Waals surface area contributed by atoms with Gasteiger partial charge in [-0.05, 0) is 12.5 Å². The first kappa shape index (κ1) is 11.9. The highest BCUT2D eigenvalue weighted by atomic mass is 29.2. The Morgan fingerprint density at radius 3 is 1.83 bits per heavy atom. The van der Waals surface area contributed by atoms with Crippen molar-refractivity contribution in [1.82, 2.24) is 0 Å². The van der Waals surface area contributed by atoms with Crippen molar-refractivity contribution in [2.75, 3.05) is 6.61 Å². The molecule has 1 fully saturated rings. The Kier molecular flexibility index (Phi) is 3.45. The van der Waals surface area contributed by atoms with E-state index >= 15 is 0 Å². The first-order chi connectivity index (χ1) is 8.92. The zero-order valence-electron chi connectivity index (χ0n) is 10.5.